The van der Waals surface area contributed by atoms with Crippen molar-refractivity contribution in [2.75, 3.05) is 11.5 Å². The topological polar surface area (TPSA) is 92.6 Å². The van der Waals surface area contributed by atoms with Gasteiger partial charge in [-0.3, -0.25) is 14.5 Å². The Hall–Kier alpha value is -3.92. The van der Waals surface area contributed by atoms with Crippen molar-refractivity contribution in [1.82, 2.24) is 10.2 Å². The van der Waals surface area contributed by atoms with Gasteiger partial charge in [-0.2, -0.15) is 0 Å². The predicted octanol–water partition coefficient (Wildman–Crippen LogP) is 6.98. The number of hydrogen-bond donors (Lipinski definition) is 1. The normalized spacial score (nSPS) is 16.4. The lowest BCUT2D eigenvalue weighted by atomic mass is 9.95. The molecule has 0 aliphatic carbocycles. The van der Waals surface area contributed by atoms with Crippen molar-refractivity contribution in [3.05, 3.63) is 118 Å². The lowest BCUT2D eigenvalue weighted by Crippen LogP contribution is -2.29. The molecule has 0 saturated carbocycles. The first kappa shape index (κ1) is 27.6. The van der Waals surface area contributed by atoms with E-state index in [4.69, 9.17) is 16.3 Å². The van der Waals surface area contributed by atoms with Crippen molar-refractivity contribution in [3.63, 3.8) is 0 Å². The molecule has 3 aromatic carbocycles. The van der Waals surface area contributed by atoms with Crippen LogP contribution >= 0.6 is 34.7 Å². The Morgan fingerprint density at radius 1 is 1.12 bits per heavy atom. The Morgan fingerprint density at radius 2 is 1.90 bits per heavy atom. The van der Waals surface area contributed by atoms with Gasteiger partial charge in [0.2, 0.25) is 5.13 Å². The number of carbonyl (C=O) groups is 2. The van der Waals surface area contributed by atoms with Crippen LogP contribution in [0.1, 0.15) is 28.3 Å². The third kappa shape index (κ3) is 5.67. The Kier molecular flexibility index (Phi) is 8.35. The molecule has 202 valence electrons. The van der Waals surface area contributed by atoms with E-state index >= 15 is 0 Å². The zero-order valence-electron chi connectivity index (χ0n) is 21.4. The highest BCUT2D eigenvalue weighted by Gasteiger charge is 2.48. The van der Waals surface area contributed by atoms with E-state index in [1.807, 2.05) is 43.3 Å². The van der Waals surface area contributed by atoms with Crippen molar-refractivity contribution in [2.24, 2.45) is 0 Å². The molecular formula is C30H24ClN3O4S2. The van der Waals surface area contributed by atoms with Gasteiger partial charge in [-0.05, 0) is 36.2 Å². The van der Waals surface area contributed by atoms with E-state index < -0.39 is 17.7 Å². The number of aliphatic hydroxyl groups is 1. The molecule has 1 fully saturated rings. The second kappa shape index (κ2) is 12.1. The van der Waals surface area contributed by atoms with Crippen LogP contribution in [0, 0.1) is 6.92 Å². The summed E-state index contributed by atoms with van der Waals surface area (Å²) >= 11 is 8.91. The second-order valence-electron chi connectivity index (χ2n) is 8.94. The molecule has 0 radical (unpaired) electrons. The monoisotopic (exact) mass is 589 g/mol. The minimum absolute atomic E-state index is 0.0322. The van der Waals surface area contributed by atoms with Crippen LogP contribution in [-0.2, 0) is 15.3 Å². The number of nitrogens with zero attached hydrogens (tertiary/aromatic N) is 3. The number of ether oxygens (including phenoxy) is 1. The Bertz CT molecular complexity index is 1620. The summed E-state index contributed by atoms with van der Waals surface area (Å²) in [7, 11) is 0. The average Bonchev–Trinajstić information content (AvgIpc) is 3.53. The van der Waals surface area contributed by atoms with Crippen LogP contribution in [0.25, 0.3) is 5.76 Å². The Balaban J connectivity index is 1.56. The molecule has 0 bridgehead atoms. The highest BCUT2D eigenvalue weighted by Crippen LogP contribution is 2.44. The molecule has 0 spiro atoms. The summed E-state index contributed by atoms with van der Waals surface area (Å²) in [5.41, 5.74) is 2.92. The quantitative estimate of drug-likeness (QED) is 0.0562. The van der Waals surface area contributed by atoms with Gasteiger partial charge in [-0.25, -0.2) is 0 Å². The number of aryl methyl sites for hydroxylation is 1. The molecule has 1 aliphatic heterocycles. The summed E-state index contributed by atoms with van der Waals surface area (Å²) in [4.78, 5) is 28.2. The molecule has 10 heteroatoms. The SMILES string of the molecule is C=CCOc1cccc(C2C(=C(O)c3ccc(C)cc3)C(=O)C(=O)N2c2nnc(SCc3ccccc3Cl)s2)c1. The first-order chi connectivity index (χ1) is 19.4. The summed E-state index contributed by atoms with van der Waals surface area (Å²) in [5, 5.41) is 20.8. The van der Waals surface area contributed by atoms with E-state index in [0.29, 0.717) is 32.0 Å². The van der Waals surface area contributed by atoms with Crippen molar-refractivity contribution < 1.29 is 19.4 Å². The van der Waals surface area contributed by atoms with Gasteiger partial charge in [-0.15, -0.1) is 10.2 Å². The van der Waals surface area contributed by atoms with Crippen molar-refractivity contribution in [1.29, 1.82) is 0 Å². The molecule has 1 unspecified atom stereocenters. The van der Waals surface area contributed by atoms with Gasteiger partial charge in [0.25, 0.3) is 5.78 Å². The number of benzene rings is 3. The number of hydrogen-bond acceptors (Lipinski definition) is 8. The van der Waals surface area contributed by atoms with E-state index in [-0.39, 0.29) is 23.1 Å². The van der Waals surface area contributed by atoms with Crippen molar-refractivity contribution >= 4 is 57.3 Å². The standard InChI is InChI=1S/C30H24ClN3O4S2/c1-3-15-38-22-9-6-8-20(16-22)25-24(26(35)19-13-11-18(2)12-14-19)27(36)28(37)34(25)29-32-33-30(40-29)39-17-21-7-4-5-10-23(21)31/h3-14,16,25,35H,1,15,17H2,2H3. The maximum atomic E-state index is 13.5. The third-order valence-electron chi connectivity index (χ3n) is 6.22. The van der Waals surface area contributed by atoms with Crippen LogP contribution in [0.15, 0.2) is 95.4 Å². The molecule has 7 nitrogen and oxygen atoms in total. The number of aliphatic hydroxyl groups excluding tert-OH is 1. The average molecular weight is 590 g/mol. The fourth-order valence-electron chi connectivity index (χ4n) is 4.25. The largest absolute Gasteiger partial charge is 0.507 e. The molecule has 1 amide bonds. The molecule has 1 aliphatic rings. The molecule has 1 N–H and O–H groups in total. The number of carbonyl (C=O) groups excluding carboxylic acids is 2. The number of thioether (sulfide) groups is 1. The zero-order valence-corrected chi connectivity index (χ0v) is 23.8. The maximum Gasteiger partial charge on any atom is 0.301 e. The molecule has 1 saturated heterocycles. The van der Waals surface area contributed by atoms with E-state index in [9.17, 15) is 14.7 Å². The maximum absolute atomic E-state index is 13.5. The van der Waals surface area contributed by atoms with Crippen molar-refractivity contribution in [3.8, 4) is 5.75 Å². The fourth-order valence-corrected chi connectivity index (χ4v) is 6.41. The first-order valence-corrected chi connectivity index (χ1v) is 14.5. The Morgan fingerprint density at radius 3 is 2.65 bits per heavy atom. The van der Waals surface area contributed by atoms with Crippen molar-refractivity contribution in [2.45, 2.75) is 23.1 Å². The molecule has 1 aromatic heterocycles. The van der Waals surface area contributed by atoms with Crippen LogP contribution in [0.2, 0.25) is 5.02 Å². The minimum atomic E-state index is -0.942. The fraction of sp³-hybridized carbons (Fsp3) is 0.133. The molecule has 40 heavy (non-hydrogen) atoms. The third-order valence-corrected chi connectivity index (χ3v) is 8.70. The van der Waals surface area contributed by atoms with Gasteiger partial charge >= 0.3 is 5.91 Å². The Labute approximate surface area is 244 Å². The summed E-state index contributed by atoms with van der Waals surface area (Å²) in [6.45, 7) is 5.89. The number of halogens is 1. The lowest BCUT2D eigenvalue weighted by Gasteiger charge is -2.23. The van der Waals surface area contributed by atoms with Crippen LogP contribution in [-0.4, -0.2) is 33.6 Å². The molecule has 1 atom stereocenters. The highest BCUT2D eigenvalue weighted by molar-refractivity contribution is 8.00. The summed E-state index contributed by atoms with van der Waals surface area (Å²) in [6.07, 6.45) is 1.62. The summed E-state index contributed by atoms with van der Waals surface area (Å²) < 4.78 is 6.32. The number of rotatable bonds is 9. The first-order valence-electron chi connectivity index (χ1n) is 12.3. The van der Waals surface area contributed by atoms with Crippen LogP contribution < -0.4 is 9.64 Å². The van der Waals surface area contributed by atoms with Gasteiger partial charge in [0, 0.05) is 16.3 Å². The lowest BCUT2D eigenvalue weighted by molar-refractivity contribution is -0.132. The van der Waals surface area contributed by atoms with Gasteiger partial charge in [-0.1, -0.05) is 108 Å². The minimum Gasteiger partial charge on any atom is -0.507 e. The second-order valence-corrected chi connectivity index (χ2v) is 11.5. The van der Waals surface area contributed by atoms with E-state index in [1.54, 1.807) is 42.5 Å². The van der Waals surface area contributed by atoms with E-state index in [1.165, 1.54) is 28.0 Å². The molecule has 5 rings (SSSR count). The molecule has 4 aromatic rings. The van der Waals surface area contributed by atoms with Gasteiger partial charge in [0.15, 0.2) is 4.34 Å². The number of ketones is 1. The predicted molar refractivity (Wildman–Crippen MR) is 159 cm³/mol. The van der Waals surface area contributed by atoms with Crippen LogP contribution in [0.4, 0.5) is 5.13 Å². The van der Waals surface area contributed by atoms with Gasteiger partial charge in [0.05, 0.1) is 11.6 Å². The summed E-state index contributed by atoms with van der Waals surface area (Å²) in [5.74, 6) is -0.768. The van der Waals surface area contributed by atoms with E-state index in [2.05, 4.69) is 16.8 Å². The summed E-state index contributed by atoms with van der Waals surface area (Å²) in [6, 6.07) is 20.7. The number of Topliss-reactive ketones (excluding diaryl/α,β-unsaturated/α-hetero) is 1. The zero-order chi connectivity index (χ0) is 28.2. The highest BCUT2D eigenvalue weighted by atomic mass is 35.5. The van der Waals surface area contributed by atoms with Gasteiger partial charge in [0.1, 0.15) is 18.1 Å². The number of anilines is 1. The number of amides is 1. The smallest absolute Gasteiger partial charge is 0.301 e. The number of aromatic nitrogens is 2. The van der Waals surface area contributed by atoms with Crippen LogP contribution in [0.5, 0.6) is 5.75 Å². The van der Waals surface area contributed by atoms with E-state index in [0.717, 1.165) is 11.1 Å². The molecular weight excluding hydrogens is 566 g/mol. The van der Waals surface area contributed by atoms with Crippen LogP contribution in [0.3, 0.4) is 0 Å². The molecule has 2 heterocycles. The van der Waals surface area contributed by atoms with Gasteiger partial charge < -0.3 is 9.84 Å².